The molecule has 2 N–H and O–H groups in total. The number of aromatic nitrogens is 2. The average Bonchev–Trinajstić information content (AvgIpc) is 2.60. The highest BCUT2D eigenvalue weighted by Gasteiger charge is 2.25. The lowest BCUT2D eigenvalue weighted by atomic mass is 10.0. The molecule has 0 spiro atoms. The summed E-state index contributed by atoms with van der Waals surface area (Å²) in [6.45, 7) is 6.93. The Labute approximate surface area is 96.3 Å². The second kappa shape index (κ2) is 5.12. The highest BCUT2D eigenvalue weighted by Crippen LogP contribution is 2.02. The number of hydrogen-bond acceptors (Lipinski definition) is 3. The number of carbonyl (C=O) groups is 1. The van der Waals surface area contributed by atoms with Crippen molar-refractivity contribution in [3.63, 3.8) is 0 Å². The molecule has 0 unspecified atom stereocenters. The van der Waals surface area contributed by atoms with E-state index in [1.807, 2.05) is 38.6 Å². The molecular formula is C11H20N4O. The number of carbonyl (C=O) groups excluding carboxylic acids is 1. The first kappa shape index (κ1) is 12.7. The topological polar surface area (TPSA) is 59.0 Å². The number of hydrogen-bond donors (Lipinski definition) is 2. The largest absolute Gasteiger partial charge is 0.347 e. The Balaban J connectivity index is 2.50. The van der Waals surface area contributed by atoms with Gasteiger partial charge in [0.15, 0.2) is 0 Å². The van der Waals surface area contributed by atoms with Crippen LogP contribution >= 0.6 is 0 Å². The maximum absolute atomic E-state index is 11.9. The fraction of sp³-hybridized carbons (Fsp3) is 0.636. The summed E-state index contributed by atoms with van der Waals surface area (Å²) in [5, 5.41) is 5.99. The zero-order chi connectivity index (χ0) is 12.2. The monoisotopic (exact) mass is 224 g/mol. The molecule has 0 saturated carbocycles. The van der Waals surface area contributed by atoms with Gasteiger partial charge in [-0.25, -0.2) is 4.98 Å². The first-order chi connectivity index (χ1) is 7.47. The van der Waals surface area contributed by atoms with E-state index in [0.717, 1.165) is 12.4 Å². The Kier molecular flexibility index (Phi) is 4.06. The van der Waals surface area contributed by atoms with Crippen LogP contribution in [0.3, 0.4) is 0 Å². The van der Waals surface area contributed by atoms with Gasteiger partial charge in [0, 0.05) is 19.4 Å². The van der Waals surface area contributed by atoms with Gasteiger partial charge in [0.25, 0.3) is 0 Å². The zero-order valence-corrected chi connectivity index (χ0v) is 10.4. The van der Waals surface area contributed by atoms with Gasteiger partial charge in [0.1, 0.15) is 5.82 Å². The number of rotatable bonds is 5. The molecule has 0 aliphatic heterocycles. The number of nitrogens with zero attached hydrogens (tertiary/aromatic N) is 2. The standard InChI is InChI=1S/C11H20N4O/c1-5-14-11(2,3)10(16)13-8-9-12-6-7-15(9)4/h6-7,14H,5,8H2,1-4H3,(H,13,16). The van der Waals surface area contributed by atoms with Gasteiger partial charge >= 0.3 is 0 Å². The lowest BCUT2D eigenvalue weighted by molar-refractivity contribution is -0.126. The maximum atomic E-state index is 11.9. The third-order valence-corrected chi connectivity index (χ3v) is 2.51. The van der Waals surface area contributed by atoms with Gasteiger partial charge in [-0.1, -0.05) is 6.92 Å². The third-order valence-electron chi connectivity index (χ3n) is 2.51. The van der Waals surface area contributed by atoms with Crippen LogP contribution in [0.4, 0.5) is 0 Å². The van der Waals surface area contributed by atoms with Crippen molar-refractivity contribution in [3.8, 4) is 0 Å². The second-order valence-electron chi connectivity index (χ2n) is 4.29. The van der Waals surface area contributed by atoms with Gasteiger partial charge in [-0.2, -0.15) is 0 Å². The zero-order valence-electron chi connectivity index (χ0n) is 10.4. The Morgan fingerprint density at radius 2 is 2.25 bits per heavy atom. The maximum Gasteiger partial charge on any atom is 0.240 e. The quantitative estimate of drug-likeness (QED) is 0.762. The Morgan fingerprint density at radius 1 is 1.56 bits per heavy atom. The predicted molar refractivity (Wildman–Crippen MR) is 62.8 cm³/mol. The van der Waals surface area contributed by atoms with Crippen LogP contribution in [0, 0.1) is 0 Å². The summed E-state index contributed by atoms with van der Waals surface area (Å²) in [4.78, 5) is 16.0. The molecule has 0 aliphatic carbocycles. The summed E-state index contributed by atoms with van der Waals surface area (Å²) in [6, 6.07) is 0. The van der Waals surface area contributed by atoms with Gasteiger partial charge in [-0.15, -0.1) is 0 Å². The lowest BCUT2D eigenvalue weighted by Crippen LogP contribution is -2.52. The van der Waals surface area contributed by atoms with Crippen LogP contribution in [0.25, 0.3) is 0 Å². The summed E-state index contributed by atoms with van der Waals surface area (Å²) in [5.41, 5.74) is -0.542. The van der Waals surface area contributed by atoms with E-state index in [4.69, 9.17) is 0 Å². The van der Waals surface area contributed by atoms with Crippen LogP contribution < -0.4 is 10.6 Å². The molecule has 0 aliphatic rings. The van der Waals surface area contributed by atoms with E-state index in [9.17, 15) is 4.79 Å². The van der Waals surface area contributed by atoms with Crippen molar-refractivity contribution in [2.75, 3.05) is 6.54 Å². The summed E-state index contributed by atoms with van der Waals surface area (Å²) in [7, 11) is 1.91. The van der Waals surface area contributed by atoms with Gasteiger partial charge in [-0.05, 0) is 20.4 Å². The second-order valence-corrected chi connectivity index (χ2v) is 4.29. The van der Waals surface area contributed by atoms with Crippen LogP contribution in [-0.2, 0) is 18.4 Å². The van der Waals surface area contributed by atoms with Crippen LogP contribution in [-0.4, -0.2) is 27.5 Å². The molecular weight excluding hydrogens is 204 g/mol. The Bertz CT molecular complexity index is 357. The van der Waals surface area contributed by atoms with Crippen molar-refractivity contribution in [2.24, 2.45) is 7.05 Å². The predicted octanol–water partition coefficient (Wildman–Crippen LogP) is 0.424. The number of nitrogens with one attached hydrogen (secondary N) is 2. The van der Waals surface area contributed by atoms with Crippen molar-refractivity contribution >= 4 is 5.91 Å². The van der Waals surface area contributed by atoms with Gasteiger partial charge in [0.2, 0.25) is 5.91 Å². The Morgan fingerprint density at radius 3 is 2.75 bits per heavy atom. The van der Waals surface area contributed by atoms with Gasteiger partial charge in [0.05, 0.1) is 12.1 Å². The number of aryl methyl sites for hydroxylation is 1. The molecule has 1 aromatic heterocycles. The minimum atomic E-state index is -0.542. The molecule has 0 saturated heterocycles. The summed E-state index contributed by atoms with van der Waals surface area (Å²) < 4.78 is 1.89. The molecule has 16 heavy (non-hydrogen) atoms. The summed E-state index contributed by atoms with van der Waals surface area (Å²) in [5.74, 6) is 0.831. The van der Waals surface area contributed by atoms with E-state index in [-0.39, 0.29) is 5.91 Å². The van der Waals surface area contributed by atoms with Crippen molar-refractivity contribution in [1.82, 2.24) is 20.2 Å². The van der Waals surface area contributed by atoms with E-state index in [1.54, 1.807) is 6.20 Å². The van der Waals surface area contributed by atoms with Crippen LogP contribution in [0.5, 0.6) is 0 Å². The summed E-state index contributed by atoms with van der Waals surface area (Å²) >= 11 is 0. The number of imidazole rings is 1. The van der Waals surface area contributed by atoms with Crippen LogP contribution in [0.15, 0.2) is 12.4 Å². The molecule has 0 fully saturated rings. The van der Waals surface area contributed by atoms with E-state index in [0.29, 0.717) is 6.54 Å². The smallest absolute Gasteiger partial charge is 0.240 e. The molecule has 0 atom stereocenters. The third kappa shape index (κ3) is 3.06. The van der Waals surface area contributed by atoms with E-state index in [2.05, 4.69) is 15.6 Å². The average molecular weight is 224 g/mol. The van der Waals surface area contributed by atoms with Crippen molar-refractivity contribution in [2.45, 2.75) is 32.9 Å². The van der Waals surface area contributed by atoms with E-state index >= 15 is 0 Å². The van der Waals surface area contributed by atoms with Crippen molar-refractivity contribution in [1.29, 1.82) is 0 Å². The lowest BCUT2D eigenvalue weighted by Gasteiger charge is -2.24. The molecule has 1 amide bonds. The highest BCUT2D eigenvalue weighted by molar-refractivity contribution is 5.85. The highest BCUT2D eigenvalue weighted by atomic mass is 16.2. The normalized spacial score (nSPS) is 11.5. The Hall–Kier alpha value is -1.36. The molecule has 0 bridgehead atoms. The number of amides is 1. The molecule has 0 radical (unpaired) electrons. The SMILES string of the molecule is CCNC(C)(C)C(=O)NCc1nccn1C. The minimum absolute atomic E-state index is 0.0163. The van der Waals surface area contributed by atoms with Crippen LogP contribution in [0.2, 0.25) is 0 Å². The van der Waals surface area contributed by atoms with E-state index < -0.39 is 5.54 Å². The van der Waals surface area contributed by atoms with Gasteiger partial charge in [-0.3, -0.25) is 4.79 Å². The van der Waals surface area contributed by atoms with Gasteiger partial charge < -0.3 is 15.2 Å². The molecule has 5 nitrogen and oxygen atoms in total. The molecule has 5 heteroatoms. The van der Waals surface area contributed by atoms with Crippen molar-refractivity contribution < 1.29 is 4.79 Å². The molecule has 0 aromatic carbocycles. The minimum Gasteiger partial charge on any atom is -0.347 e. The fourth-order valence-corrected chi connectivity index (χ4v) is 1.47. The molecule has 1 aromatic rings. The first-order valence-corrected chi connectivity index (χ1v) is 5.47. The first-order valence-electron chi connectivity index (χ1n) is 5.47. The molecule has 1 rings (SSSR count). The molecule has 1 heterocycles. The fourth-order valence-electron chi connectivity index (χ4n) is 1.47. The van der Waals surface area contributed by atoms with Crippen molar-refractivity contribution in [3.05, 3.63) is 18.2 Å². The number of likely N-dealkylation sites (N-methyl/N-ethyl adjacent to an activating group) is 1. The van der Waals surface area contributed by atoms with E-state index in [1.165, 1.54) is 0 Å². The summed E-state index contributed by atoms with van der Waals surface area (Å²) in [6.07, 6.45) is 3.58. The van der Waals surface area contributed by atoms with Crippen LogP contribution in [0.1, 0.15) is 26.6 Å². The molecule has 90 valence electrons.